The highest BCUT2D eigenvalue weighted by atomic mass is 19.1. The molecule has 5 nitrogen and oxygen atoms in total. The topological polar surface area (TPSA) is 48.0 Å². The minimum absolute atomic E-state index is 0.168. The van der Waals surface area contributed by atoms with Crippen molar-refractivity contribution in [2.75, 3.05) is 19.9 Å². The highest BCUT2D eigenvalue weighted by Crippen LogP contribution is 2.42. The van der Waals surface area contributed by atoms with Gasteiger partial charge in [0.1, 0.15) is 24.0 Å². The number of rotatable bonds is 3. The Morgan fingerprint density at radius 3 is 2.82 bits per heavy atom. The molecule has 3 heterocycles. The molecule has 2 aromatic rings. The number of carbonyl (C=O) groups excluding carboxylic acids is 1. The molecule has 1 fully saturated rings. The van der Waals surface area contributed by atoms with Crippen molar-refractivity contribution in [2.24, 2.45) is 0 Å². The quantitative estimate of drug-likeness (QED) is 0.758. The van der Waals surface area contributed by atoms with Gasteiger partial charge >= 0.3 is 0 Å². The van der Waals surface area contributed by atoms with Gasteiger partial charge in [0, 0.05) is 19.7 Å². The third-order valence-corrected chi connectivity index (χ3v) is 5.34. The van der Waals surface area contributed by atoms with E-state index in [1.807, 2.05) is 6.07 Å². The Kier molecular flexibility index (Phi) is 4.37. The number of ether oxygens (including phenoxy) is 3. The zero-order valence-corrected chi connectivity index (χ0v) is 15.3. The second kappa shape index (κ2) is 7.04. The van der Waals surface area contributed by atoms with Crippen molar-refractivity contribution in [1.82, 2.24) is 4.90 Å². The number of hydrogen-bond acceptors (Lipinski definition) is 5. The third-order valence-electron chi connectivity index (χ3n) is 5.34. The zero-order valence-electron chi connectivity index (χ0n) is 15.3. The monoisotopic (exact) mass is 381 g/mol. The first-order valence-corrected chi connectivity index (χ1v) is 9.50. The minimum atomic E-state index is -0.318. The normalized spacial score (nSPS) is 22.7. The van der Waals surface area contributed by atoms with Crippen LogP contribution in [0.15, 0.2) is 42.2 Å². The standard InChI is InChI=1S/C22H20FNO4/c23-15-5-3-14(4-6-15)10-20-21(25)17-7-8-19-18(22(17)28-20)12-24(13-27-19)11-16-2-1-9-26-16/h3-8,10,16H,1-2,9,11-13H2/t16-/m0/s1. The van der Waals surface area contributed by atoms with Crippen molar-refractivity contribution < 1.29 is 23.4 Å². The molecular formula is C22H20FNO4. The van der Waals surface area contributed by atoms with Gasteiger partial charge in [-0.05, 0) is 48.7 Å². The molecule has 0 bridgehead atoms. The molecule has 5 rings (SSSR count). The summed E-state index contributed by atoms with van der Waals surface area (Å²) >= 11 is 0. The summed E-state index contributed by atoms with van der Waals surface area (Å²) in [6, 6.07) is 9.53. The molecule has 144 valence electrons. The molecule has 0 saturated carbocycles. The minimum Gasteiger partial charge on any atom is -0.478 e. The van der Waals surface area contributed by atoms with Crippen LogP contribution in [0.25, 0.3) is 6.08 Å². The molecule has 0 N–H and O–H groups in total. The van der Waals surface area contributed by atoms with Gasteiger partial charge in [-0.15, -0.1) is 0 Å². The summed E-state index contributed by atoms with van der Waals surface area (Å²) < 4.78 is 30.7. The molecule has 0 spiro atoms. The van der Waals surface area contributed by atoms with E-state index in [0.29, 0.717) is 30.2 Å². The SMILES string of the molecule is O=C1C(=Cc2ccc(F)cc2)Oc2c1ccc1c2CN(C[C@@H]2CCCO2)CO1. The van der Waals surface area contributed by atoms with Gasteiger partial charge in [0.25, 0.3) is 0 Å². The van der Waals surface area contributed by atoms with Crippen molar-refractivity contribution in [3.63, 3.8) is 0 Å². The van der Waals surface area contributed by atoms with Gasteiger partial charge in [-0.2, -0.15) is 0 Å². The summed E-state index contributed by atoms with van der Waals surface area (Å²) in [5, 5.41) is 0. The molecule has 1 saturated heterocycles. The lowest BCUT2D eigenvalue weighted by Crippen LogP contribution is -2.37. The lowest BCUT2D eigenvalue weighted by atomic mass is 10.0. The average molecular weight is 381 g/mol. The number of ketones is 1. The molecule has 0 radical (unpaired) electrons. The van der Waals surface area contributed by atoms with E-state index in [4.69, 9.17) is 14.2 Å². The smallest absolute Gasteiger partial charge is 0.231 e. The number of allylic oxidation sites excluding steroid dienone is 1. The van der Waals surface area contributed by atoms with Crippen LogP contribution in [-0.4, -0.2) is 36.7 Å². The van der Waals surface area contributed by atoms with E-state index in [0.717, 1.165) is 37.3 Å². The fourth-order valence-corrected chi connectivity index (χ4v) is 3.91. The largest absolute Gasteiger partial charge is 0.478 e. The van der Waals surface area contributed by atoms with E-state index in [9.17, 15) is 9.18 Å². The van der Waals surface area contributed by atoms with Gasteiger partial charge in [-0.3, -0.25) is 9.69 Å². The predicted molar refractivity (Wildman–Crippen MR) is 101 cm³/mol. The molecule has 3 aliphatic heterocycles. The molecule has 1 atom stereocenters. The van der Waals surface area contributed by atoms with Crippen molar-refractivity contribution in [2.45, 2.75) is 25.5 Å². The first-order chi connectivity index (χ1) is 13.7. The van der Waals surface area contributed by atoms with Crippen molar-refractivity contribution in [3.8, 4) is 11.5 Å². The van der Waals surface area contributed by atoms with Crippen molar-refractivity contribution in [3.05, 3.63) is 64.7 Å². The number of hydrogen-bond donors (Lipinski definition) is 0. The lowest BCUT2D eigenvalue weighted by molar-refractivity contribution is 0.0274. The Hall–Kier alpha value is -2.70. The second-order valence-corrected chi connectivity index (χ2v) is 7.33. The number of fused-ring (bicyclic) bond motifs is 3. The first kappa shape index (κ1) is 17.4. The van der Waals surface area contributed by atoms with Crippen molar-refractivity contribution >= 4 is 11.9 Å². The van der Waals surface area contributed by atoms with Crippen LogP contribution in [0.3, 0.4) is 0 Å². The van der Waals surface area contributed by atoms with Gasteiger partial charge in [0.15, 0.2) is 5.76 Å². The summed E-state index contributed by atoms with van der Waals surface area (Å²) in [6.45, 7) is 2.77. The maximum absolute atomic E-state index is 13.1. The van der Waals surface area contributed by atoms with E-state index in [2.05, 4.69) is 4.90 Å². The fourth-order valence-electron chi connectivity index (χ4n) is 3.91. The predicted octanol–water partition coefficient (Wildman–Crippen LogP) is 3.77. The van der Waals surface area contributed by atoms with Crippen LogP contribution in [0.4, 0.5) is 4.39 Å². The maximum Gasteiger partial charge on any atom is 0.231 e. The molecule has 0 aliphatic carbocycles. The molecule has 0 unspecified atom stereocenters. The Bertz CT molecular complexity index is 948. The fraction of sp³-hybridized carbons (Fsp3) is 0.318. The third kappa shape index (κ3) is 3.19. The second-order valence-electron chi connectivity index (χ2n) is 7.33. The van der Waals surface area contributed by atoms with E-state index >= 15 is 0 Å². The molecule has 2 aromatic carbocycles. The Morgan fingerprint density at radius 1 is 1.18 bits per heavy atom. The first-order valence-electron chi connectivity index (χ1n) is 9.50. The van der Waals surface area contributed by atoms with Gasteiger partial charge in [-0.25, -0.2) is 4.39 Å². The van der Waals surface area contributed by atoms with Gasteiger partial charge in [-0.1, -0.05) is 12.1 Å². The molecule has 0 aromatic heterocycles. The van der Waals surface area contributed by atoms with Crippen LogP contribution >= 0.6 is 0 Å². The van der Waals surface area contributed by atoms with Crippen LogP contribution in [0.2, 0.25) is 0 Å². The van der Waals surface area contributed by atoms with Gasteiger partial charge in [0.2, 0.25) is 5.78 Å². The molecule has 3 aliphatic rings. The molecule has 28 heavy (non-hydrogen) atoms. The highest BCUT2D eigenvalue weighted by molar-refractivity contribution is 6.15. The lowest BCUT2D eigenvalue weighted by Gasteiger charge is -2.31. The Balaban J connectivity index is 1.41. The number of halogens is 1. The molecule has 6 heteroatoms. The molecular weight excluding hydrogens is 361 g/mol. The molecule has 0 amide bonds. The number of carbonyl (C=O) groups is 1. The van der Waals surface area contributed by atoms with E-state index in [-0.39, 0.29) is 23.5 Å². The highest BCUT2D eigenvalue weighted by Gasteiger charge is 2.34. The van der Waals surface area contributed by atoms with E-state index < -0.39 is 0 Å². The summed E-state index contributed by atoms with van der Waals surface area (Å²) in [4.78, 5) is 14.9. The Morgan fingerprint density at radius 2 is 2.04 bits per heavy atom. The zero-order chi connectivity index (χ0) is 19.1. The van der Waals surface area contributed by atoms with Crippen LogP contribution < -0.4 is 9.47 Å². The summed E-state index contributed by atoms with van der Waals surface area (Å²) in [5.74, 6) is 1.07. The summed E-state index contributed by atoms with van der Waals surface area (Å²) in [6.07, 6.45) is 4.04. The van der Waals surface area contributed by atoms with Crippen molar-refractivity contribution in [1.29, 1.82) is 0 Å². The average Bonchev–Trinajstić information content (AvgIpc) is 3.32. The summed E-state index contributed by atoms with van der Waals surface area (Å²) in [7, 11) is 0. The summed E-state index contributed by atoms with van der Waals surface area (Å²) in [5.41, 5.74) is 2.13. The number of Topliss-reactive ketones (excluding diaryl/α,β-unsaturated/α-hetero) is 1. The van der Waals surface area contributed by atoms with Crippen LogP contribution in [0.5, 0.6) is 11.5 Å². The van der Waals surface area contributed by atoms with Crippen LogP contribution in [-0.2, 0) is 11.3 Å². The van der Waals surface area contributed by atoms with Gasteiger partial charge < -0.3 is 14.2 Å². The van der Waals surface area contributed by atoms with Gasteiger partial charge in [0.05, 0.1) is 17.2 Å². The Labute approximate surface area is 162 Å². The maximum atomic E-state index is 13.1. The van der Waals surface area contributed by atoms with E-state index in [1.165, 1.54) is 12.1 Å². The number of benzene rings is 2. The van der Waals surface area contributed by atoms with E-state index in [1.54, 1.807) is 24.3 Å². The number of nitrogens with zero attached hydrogens (tertiary/aromatic N) is 1. The van der Waals surface area contributed by atoms with Crippen LogP contribution in [0, 0.1) is 5.82 Å². The van der Waals surface area contributed by atoms with Crippen LogP contribution in [0.1, 0.15) is 34.3 Å².